The van der Waals surface area contributed by atoms with E-state index >= 15 is 0 Å². The van der Waals surface area contributed by atoms with E-state index in [1.165, 1.54) is 0 Å². The van der Waals surface area contributed by atoms with Gasteiger partial charge in [-0.25, -0.2) is 4.68 Å². The Balaban J connectivity index is 1.80. The molecule has 0 amide bonds. The Morgan fingerprint density at radius 1 is 1.05 bits per heavy atom. The number of hydrogen-bond donors (Lipinski definition) is 1. The number of para-hydroxylation sites is 1. The summed E-state index contributed by atoms with van der Waals surface area (Å²) in [4.78, 5) is 0. The Kier molecular flexibility index (Phi) is 3.91. The molecule has 5 heteroatoms. The Labute approximate surface area is 123 Å². The maximum Gasteiger partial charge on any atom is 0.148 e. The van der Waals surface area contributed by atoms with Crippen molar-refractivity contribution in [1.29, 1.82) is 0 Å². The summed E-state index contributed by atoms with van der Waals surface area (Å²) >= 11 is 0. The molecule has 2 aromatic heterocycles. The highest BCUT2D eigenvalue weighted by molar-refractivity contribution is 5.58. The molecule has 0 saturated heterocycles. The number of aromatic nitrogens is 4. The second kappa shape index (κ2) is 6.17. The van der Waals surface area contributed by atoms with Crippen molar-refractivity contribution in [3.05, 3.63) is 54.9 Å². The zero-order valence-electron chi connectivity index (χ0n) is 11.9. The fourth-order valence-electron chi connectivity index (χ4n) is 2.01. The fraction of sp³-hybridized carbons (Fsp3) is 0.188. The van der Waals surface area contributed by atoms with Gasteiger partial charge in [0.05, 0.1) is 17.6 Å². The summed E-state index contributed by atoms with van der Waals surface area (Å²) in [6.45, 7) is 3.02. The highest BCUT2D eigenvalue weighted by Gasteiger charge is 2.05. The molecule has 0 spiro atoms. The molecule has 0 saturated carbocycles. The quantitative estimate of drug-likeness (QED) is 0.779. The van der Waals surface area contributed by atoms with Gasteiger partial charge in [0.25, 0.3) is 0 Å². The van der Waals surface area contributed by atoms with Crippen LogP contribution in [0.5, 0.6) is 0 Å². The summed E-state index contributed by atoms with van der Waals surface area (Å²) in [6.07, 6.45) is 4.82. The van der Waals surface area contributed by atoms with E-state index in [1.807, 2.05) is 53.3 Å². The number of benzene rings is 1. The smallest absolute Gasteiger partial charge is 0.148 e. The molecule has 3 rings (SSSR count). The third kappa shape index (κ3) is 3.08. The second-order valence-corrected chi connectivity index (χ2v) is 4.74. The van der Waals surface area contributed by atoms with Gasteiger partial charge >= 0.3 is 0 Å². The Bertz CT molecular complexity index is 688. The van der Waals surface area contributed by atoms with Crippen molar-refractivity contribution in [2.24, 2.45) is 0 Å². The number of anilines is 1. The topological polar surface area (TPSA) is 55.6 Å². The summed E-state index contributed by atoms with van der Waals surface area (Å²) in [5, 5.41) is 16.0. The molecule has 3 aromatic rings. The first-order valence-corrected chi connectivity index (χ1v) is 7.05. The van der Waals surface area contributed by atoms with Crippen LogP contribution < -0.4 is 5.32 Å². The van der Waals surface area contributed by atoms with Crippen LogP contribution in [0.2, 0.25) is 0 Å². The first-order valence-electron chi connectivity index (χ1n) is 7.05. The molecular weight excluding hydrogens is 262 g/mol. The van der Waals surface area contributed by atoms with Gasteiger partial charge < -0.3 is 5.32 Å². The molecule has 0 bridgehead atoms. The van der Waals surface area contributed by atoms with Crippen LogP contribution in [0.1, 0.15) is 13.3 Å². The molecule has 5 nitrogen and oxygen atoms in total. The van der Waals surface area contributed by atoms with E-state index < -0.39 is 0 Å². The van der Waals surface area contributed by atoms with Crippen LogP contribution >= 0.6 is 0 Å². The summed E-state index contributed by atoms with van der Waals surface area (Å²) < 4.78 is 1.83. The van der Waals surface area contributed by atoms with E-state index in [2.05, 4.69) is 27.5 Å². The predicted molar refractivity (Wildman–Crippen MR) is 83.4 cm³/mol. The van der Waals surface area contributed by atoms with Gasteiger partial charge in [0, 0.05) is 18.3 Å². The lowest BCUT2D eigenvalue weighted by Crippen LogP contribution is -2.02. The molecule has 2 heterocycles. The van der Waals surface area contributed by atoms with Crippen LogP contribution in [0.4, 0.5) is 5.82 Å². The van der Waals surface area contributed by atoms with Crippen LogP contribution in [0, 0.1) is 0 Å². The van der Waals surface area contributed by atoms with Gasteiger partial charge in [0.1, 0.15) is 5.82 Å². The van der Waals surface area contributed by atoms with Crippen LogP contribution in [0.25, 0.3) is 16.9 Å². The van der Waals surface area contributed by atoms with E-state index in [-0.39, 0.29) is 0 Å². The molecule has 106 valence electrons. The maximum absolute atomic E-state index is 4.37. The zero-order chi connectivity index (χ0) is 14.5. The van der Waals surface area contributed by atoms with E-state index in [9.17, 15) is 0 Å². The molecule has 0 aliphatic heterocycles. The first-order chi connectivity index (χ1) is 10.4. The summed E-state index contributed by atoms with van der Waals surface area (Å²) in [5.41, 5.74) is 2.80. The standard InChI is InChI=1S/C16H17N5/c1-2-10-17-16-9-8-15(19-20-16)13-11-18-21(12-13)14-6-4-3-5-7-14/h3-9,11-12H,2,10H2,1H3,(H,17,20). The third-order valence-corrected chi connectivity index (χ3v) is 3.12. The van der Waals surface area contributed by atoms with Crippen LogP contribution in [0.3, 0.4) is 0 Å². The SMILES string of the molecule is CCCNc1ccc(-c2cnn(-c3ccccc3)c2)nn1. The minimum Gasteiger partial charge on any atom is -0.369 e. The van der Waals surface area contributed by atoms with Crippen molar-refractivity contribution in [3.8, 4) is 16.9 Å². The molecule has 0 atom stereocenters. The molecule has 0 radical (unpaired) electrons. The van der Waals surface area contributed by atoms with Crippen molar-refractivity contribution in [2.75, 3.05) is 11.9 Å². The molecule has 21 heavy (non-hydrogen) atoms. The first kappa shape index (κ1) is 13.3. The Hall–Kier alpha value is -2.69. The van der Waals surface area contributed by atoms with Gasteiger partial charge in [-0.1, -0.05) is 25.1 Å². The average molecular weight is 279 g/mol. The second-order valence-electron chi connectivity index (χ2n) is 4.74. The number of hydrogen-bond acceptors (Lipinski definition) is 4. The minimum atomic E-state index is 0.802. The highest BCUT2D eigenvalue weighted by Crippen LogP contribution is 2.18. The number of rotatable bonds is 5. The molecular formula is C16H17N5. The van der Waals surface area contributed by atoms with Gasteiger partial charge in [-0.2, -0.15) is 5.10 Å². The van der Waals surface area contributed by atoms with Gasteiger partial charge in [0.2, 0.25) is 0 Å². The third-order valence-electron chi connectivity index (χ3n) is 3.12. The zero-order valence-corrected chi connectivity index (χ0v) is 11.9. The monoisotopic (exact) mass is 279 g/mol. The van der Waals surface area contributed by atoms with E-state index in [1.54, 1.807) is 6.20 Å². The molecule has 0 aliphatic carbocycles. The molecule has 1 N–H and O–H groups in total. The highest BCUT2D eigenvalue weighted by atomic mass is 15.3. The Morgan fingerprint density at radius 3 is 2.62 bits per heavy atom. The largest absolute Gasteiger partial charge is 0.369 e. The van der Waals surface area contributed by atoms with Gasteiger partial charge in [-0.05, 0) is 30.7 Å². The van der Waals surface area contributed by atoms with Crippen LogP contribution in [-0.2, 0) is 0 Å². The maximum atomic E-state index is 4.37. The van der Waals surface area contributed by atoms with Crippen molar-refractivity contribution in [3.63, 3.8) is 0 Å². The molecule has 0 unspecified atom stereocenters. The van der Waals surface area contributed by atoms with Crippen molar-refractivity contribution in [1.82, 2.24) is 20.0 Å². The van der Waals surface area contributed by atoms with Crippen LogP contribution in [0.15, 0.2) is 54.9 Å². The summed E-state index contributed by atoms with van der Waals surface area (Å²) in [6, 6.07) is 13.9. The number of nitrogens with zero attached hydrogens (tertiary/aromatic N) is 4. The molecule has 1 aromatic carbocycles. The lowest BCUT2D eigenvalue weighted by atomic mass is 10.2. The average Bonchev–Trinajstić information content (AvgIpc) is 3.04. The van der Waals surface area contributed by atoms with Gasteiger partial charge in [0.15, 0.2) is 0 Å². The molecule has 0 aliphatic rings. The van der Waals surface area contributed by atoms with E-state index in [0.717, 1.165) is 35.7 Å². The predicted octanol–water partition coefficient (Wildman–Crippen LogP) is 3.15. The summed E-state index contributed by atoms with van der Waals surface area (Å²) in [5.74, 6) is 0.802. The van der Waals surface area contributed by atoms with Crippen LogP contribution in [-0.4, -0.2) is 26.5 Å². The van der Waals surface area contributed by atoms with E-state index in [0.29, 0.717) is 0 Å². The summed E-state index contributed by atoms with van der Waals surface area (Å²) in [7, 11) is 0. The molecule has 0 fully saturated rings. The van der Waals surface area contributed by atoms with Crippen molar-refractivity contribution < 1.29 is 0 Å². The normalized spacial score (nSPS) is 10.5. The van der Waals surface area contributed by atoms with Crippen molar-refractivity contribution >= 4 is 5.82 Å². The lowest BCUT2D eigenvalue weighted by molar-refractivity contribution is 0.880. The number of nitrogens with one attached hydrogen (secondary N) is 1. The minimum absolute atomic E-state index is 0.802. The van der Waals surface area contributed by atoms with E-state index in [4.69, 9.17) is 0 Å². The fourth-order valence-corrected chi connectivity index (χ4v) is 2.01. The Morgan fingerprint density at radius 2 is 1.90 bits per heavy atom. The van der Waals surface area contributed by atoms with Crippen molar-refractivity contribution in [2.45, 2.75) is 13.3 Å². The van der Waals surface area contributed by atoms with Gasteiger partial charge in [-0.15, -0.1) is 10.2 Å². The van der Waals surface area contributed by atoms with Gasteiger partial charge in [-0.3, -0.25) is 0 Å². The lowest BCUT2D eigenvalue weighted by Gasteiger charge is -2.02.